The maximum atomic E-state index is 12.3. The molecule has 2 heterocycles. The number of aliphatic hydroxyl groups is 1. The lowest BCUT2D eigenvalue weighted by Gasteiger charge is -2.23. The molecule has 1 aliphatic rings. The maximum absolute atomic E-state index is 12.3. The third-order valence-electron chi connectivity index (χ3n) is 6.40. The lowest BCUT2D eigenvalue weighted by molar-refractivity contribution is -0.128. The van der Waals surface area contributed by atoms with Crippen molar-refractivity contribution < 1.29 is 19.8 Å². The second kappa shape index (κ2) is 12.7. The summed E-state index contributed by atoms with van der Waals surface area (Å²) in [4.78, 5) is 26.7. The molecule has 1 aliphatic heterocycles. The summed E-state index contributed by atoms with van der Waals surface area (Å²) >= 11 is 1.30. The molecule has 0 bridgehead atoms. The van der Waals surface area contributed by atoms with Gasteiger partial charge < -0.3 is 15.1 Å². The van der Waals surface area contributed by atoms with Gasteiger partial charge in [-0.2, -0.15) is 0 Å². The SMILES string of the molecule is CC(CCCCc1ccccc1)C(O)C=CC1CCC(=O)N1CCCc1ccc(C(=O)O)s1. The van der Waals surface area contributed by atoms with Gasteiger partial charge in [0, 0.05) is 17.8 Å². The number of carboxylic acids is 1. The zero-order valence-electron chi connectivity index (χ0n) is 19.4. The molecule has 0 spiro atoms. The molecule has 0 radical (unpaired) electrons. The smallest absolute Gasteiger partial charge is 0.345 e. The number of hydrogen-bond donors (Lipinski definition) is 2. The second-order valence-corrected chi connectivity index (χ2v) is 10.1. The van der Waals surface area contributed by atoms with Crippen LogP contribution in [0.3, 0.4) is 0 Å². The van der Waals surface area contributed by atoms with Crippen molar-refractivity contribution in [3.63, 3.8) is 0 Å². The zero-order chi connectivity index (χ0) is 23.6. The molecule has 1 aromatic carbocycles. The van der Waals surface area contributed by atoms with Crippen molar-refractivity contribution in [1.29, 1.82) is 0 Å². The first-order valence-electron chi connectivity index (χ1n) is 12.0. The van der Waals surface area contributed by atoms with Gasteiger partial charge in [-0.05, 0) is 62.1 Å². The number of carboxylic acid groups (broad SMARTS) is 1. The molecule has 1 aromatic heterocycles. The fourth-order valence-electron chi connectivity index (χ4n) is 4.34. The third kappa shape index (κ3) is 7.83. The average molecular weight is 470 g/mol. The van der Waals surface area contributed by atoms with Crippen molar-refractivity contribution >= 4 is 23.2 Å². The van der Waals surface area contributed by atoms with Crippen molar-refractivity contribution in [3.8, 4) is 0 Å². The van der Waals surface area contributed by atoms with Gasteiger partial charge in [-0.1, -0.05) is 55.8 Å². The number of carbonyl (C=O) groups excluding carboxylic acids is 1. The maximum Gasteiger partial charge on any atom is 0.345 e. The van der Waals surface area contributed by atoms with Gasteiger partial charge in [-0.15, -0.1) is 11.3 Å². The Labute approximate surface area is 200 Å². The Morgan fingerprint density at radius 2 is 1.94 bits per heavy atom. The van der Waals surface area contributed by atoms with Gasteiger partial charge in [0.1, 0.15) is 4.88 Å². The van der Waals surface area contributed by atoms with Crippen LogP contribution < -0.4 is 0 Å². The van der Waals surface area contributed by atoms with E-state index in [2.05, 4.69) is 31.2 Å². The van der Waals surface area contributed by atoms with Crippen LogP contribution in [0.5, 0.6) is 0 Å². The Hall–Kier alpha value is -2.44. The van der Waals surface area contributed by atoms with E-state index in [1.54, 1.807) is 6.07 Å². The molecule has 3 rings (SSSR count). The van der Waals surface area contributed by atoms with Gasteiger partial charge in [0.05, 0.1) is 12.1 Å². The summed E-state index contributed by atoms with van der Waals surface area (Å²) in [6.45, 7) is 2.74. The van der Waals surface area contributed by atoms with Gasteiger partial charge in [0.15, 0.2) is 0 Å². The average Bonchev–Trinajstić information content (AvgIpc) is 3.43. The van der Waals surface area contributed by atoms with E-state index in [0.717, 1.165) is 49.8 Å². The lowest BCUT2D eigenvalue weighted by atomic mass is 9.95. The monoisotopic (exact) mass is 469 g/mol. The van der Waals surface area contributed by atoms with E-state index in [4.69, 9.17) is 5.11 Å². The van der Waals surface area contributed by atoms with E-state index in [-0.39, 0.29) is 17.9 Å². The highest BCUT2D eigenvalue weighted by Gasteiger charge is 2.28. The number of hydrogen-bond acceptors (Lipinski definition) is 4. The van der Waals surface area contributed by atoms with E-state index in [0.29, 0.717) is 17.8 Å². The highest BCUT2D eigenvalue weighted by molar-refractivity contribution is 7.13. The number of benzene rings is 1. The van der Waals surface area contributed by atoms with Crippen molar-refractivity contribution in [2.45, 2.75) is 70.4 Å². The predicted molar refractivity (Wildman–Crippen MR) is 133 cm³/mol. The van der Waals surface area contributed by atoms with E-state index in [9.17, 15) is 14.7 Å². The van der Waals surface area contributed by atoms with Crippen molar-refractivity contribution in [2.24, 2.45) is 5.92 Å². The lowest BCUT2D eigenvalue weighted by Crippen LogP contribution is -2.33. The molecular weight excluding hydrogens is 434 g/mol. The first kappa shape index (κ1) is 25.2. The molecule has 1 fully saturated rings. The summed E-state index contributed by atoms with van der Waals surface area (Å²) in [6, 6.07) is 14.0. The third-order valence-corrected chi connectivity index (χ3v) is 7.53. The molecule has 3 atom stereocenters. The molecule has 2 aromatic rings. The molecule has 6 heteroatoms. The fourth-order valence-corrected chi connectivity index (χ4v) is 5.23. The molecular formula is C27H35NO4S. The standard InChI is InChI=1S/C27H35NO4S/c1-20(8-5-6-11-21-9-3-2-4-10-21)24(29)16-13-22-14-18-26(30)28(22)19-7-12-23-15-17-25(33-23)27(31)32/h2-4,9-10,13,15-17,20,22,24,29H,5-8,11-12,14,18-19H2,1H3,(H,31,32). The topological polar surface area (TPSA) is 77.8 Å². The first-order chi connectivity index (χ1) is 15.9. The Morgan fingerprint density at radius 1 is 1.15 bits per heavy atom. The number of aliphatic hydroxyl groups excluding tert-OH is 1. The van der Waals surface area contributed by atoms with E-state index in [1.165, 1.54) is 16.9 Å². The van der Waals surface area contributed by atoms with Gasteiger partial charge in [-0.3, -0.25) is 4.79 Å². The van der Waals surface area contributed by atoms with Crippen LogP contribution in [0.1, 0.15) is 65.6 Å². The van der Waals surface area contributed by atoms with Gasteiger partial charge in [0.2, 0.25) is 5.91 Å². The van der Waals surface area contributed by atoms with Gasteiger partial charge >= 0.3 is 5.97 Å². The Balaban J connectivity index is 1.40. The van der Waals surface area contributed by atoms with Crippen LogP contribution in [0.15, 0.2) is 54.6 Å². The zero-order valence-corrected chi connectivity index (χ0v) is 20.2. The highest BCUT2D eigenvalue weighted by Crippen LogP contribution is 2.23. The first-order valence-corrected chi connectivity index (χ1v) is 12.8. The van der Waals surface area contributed by atoms with Crippen LogP contribution in [-0.4, -0.2) is 45.7 Å². The number of rotatable bonds is 13. The molecule has 0 aliphatic carbocycles. The number of likely N-dealkylation sites (tertiary alicyclic amines) is 1. The van der Waals surface area contributed by atoms with E-state index < -0.39 is 12.1 Å². The number of unbranched alkanes of at least 4 members (excludes halogenated alkanes) is 1. The molecule has 33 heavy (non-hydrogen) atoms. The number of carbonyl (C=O) groups is 2. The number of nitrogens with zero attached hydrogens (tertiary/aromatic N) is 1. The van der Waals surface area contributed by atoms with Crippen LogP contribution >= 0.6 is 11.3 Å². The van der Waals surface area contributed by atoms with Gasteiger partial charge in [0.25, 0.3) is 0 Å². The Kier molecular flexibility index (Phi) is 9.70. The van der Waals surface area contributed by atoms with Crippen LogP contribution in [0, 0.1) is 5.92 Å². The Morgan fingerprint density at radius 3 is 2.67 bits per heavy atom. The number of aryl methyl sites for hydroxylation is 2. The summed E-state index contributed by atoms with van der Waals surface area (Å²) in [7, 11) is 0. The minimum atomic E-state index is -0.893. The fraction of sp³-hybridized carbons (Fsp3) is 0.481. The molecule has 0 saturated carbocycles. The molecule has 1 amide bonds. The van der Waals surface area contributed by atoms with Crippen LogP contribution in [0.4, 0.5) is 0 Å². The molecule has 2 N–H and O–H groups in total. The summed E-state index contributed by atoms with van der Waals surface area (Å²) in [5, 5.41) is 19.6. The summed E-state index contributed by atoms with van der Waals surface area (Å²) in [5.41, 5.74) is 1.36. The minimum Gasteiger partial charge on any atom is -0.477 e. The minimum absolute atomic E-state index is 0.0374. The molecule has 1 saturated heterocycles. The highest BCUT2D eigenvalue weighted by atomic mass is 32.1. The summed E-state index contributed by atoms with van der Waals surface area (Å²) < 4.78 is 0. The van der Waals surface area contributed by atoms with Crippen molar-refractivity contribution in [3.05, 3.63) is 69.9 Å². The number of amides is 1. The quantitative estimate of drug-likeness (QED) is 0.307. The molecule has 178 valence electrons. The van der Waals surface area contributed by atoms with Gasteiger partial charge in [-0.25, -0.2) is 4.79 Å². The van der Waals surface area contributed by atoms with Crippen molar-refractivity contribution in [2.75, 3.05) is 6.54 Å². The Bertz CT molecular complexity index is 923. The van der Waals surface area contributed by atoms with Crippen LogP contribution in [-0.2, 0) is 17.6 Å². The predicted octanol–water partition coefficient (Wildman–Crippen LogP) is 5.34. The number of thiophene rings is 1. The van der Waals surface area contributed by atoms with Crippen molar-refractivity contribution in [1.82, 2.24) is 4.90 Å². The summed E-state index contributed by atoms with van der Waals surface area (Å²) in [5.74, 6) is -0.550. The normalized spacial score (nSPS) is 18.2. The number of aromatic carboxylic acids is 1. The molecule has 3 unspecified atom stereocenters. The second-order valence-electron chi connectivity index (χ2n) is 8.95. The van der Waals surface area contributed by atoms with Crippen LogP contribution in [0.2, 0.25) is 0 Å². The van der Waals surface area contributed by atoms with E-state index >= 15 is 0 Å². The van der Waals surface area contributed by atoms with Crippen LogP contribution in [0.25, 0.3) is 0 Å². The van der Waals surface area contributed by atoms with E-state index in [1.807, 2.05) is 29.2 Å². The summed E-state index contributed by atoms with van der Waals surface area (Å²) in [6.07, 6.45) is 10.5. The largest absolute Gasteiger partial charge is 0.477 e. The molecule has 5 nitrogen and oxygen atoms in total.